The normalized spacial score (nSPS) is 26.3. The molecule has 0 saturated carbocycles. The van der Waals surface area contributed by atoms with Crippen LogP contribution in [0.3, 0.4) is 0 Å². The first-order valence-electron chi connectivity index (χ1n) is 7.73. The molecule has 112 valence electrons. The highest BCUT2D eigenvalue weighted by atomic mass is 16.5. The zero-order valence-corrected chi connectivity index (χ0v) is 12.7. The van der Waals surface area contributed by atoms with Crippen LogP contribution < -0.4 is 10.6 Å². The second-order valence-corrected chi connectivity index (χ2v) is 6.26. The SMILES string of the molecule is CC1(CN)C=CC2=C(CCCOCN2c2ccccc2)C1. The van der Waals surface area contributed by atoms with Gasteiger partial charge in [0, 0.05) is 30.0 Å². The van der Waals surface area contributed by atoms with Crippen molar-refractivity contribution >= 4 is 5.69 Å². The van der Waals surface area contributed by atoms with Gasteiger partial charge in [0.2, 0.25) is 0 Å². The fourth-order valence-electron chi connectivity index (χ4n) is 3.11. The van der Waals surface area contributed by atoms with Crippen LogP contribution in [-0.4, -0.2) is 19.9 Å². The molecule has 0 spiro atoms. The van der Waals surface area contributed by atoms with Crippen LogP contribution in [0.15, 0.2) is 53.8 Å². The zero-order chi connectivity index (χ0) is 14.7. The molecule has 1 heterocycles. The molecule has 21 heavy (non-hydrogen) atoms. The third-order valence-corrected chi connectivity index (χ3v) is 4.44. The third-order valence-electron chi connectivity index (χ3n) is 4.44. The van der Waals surface area contributed by atoms with E-state index in [0.29, 0.717) is 13.3 Å². The zero-order valence-electron chi connectivity index (χ0n) is 12.7. The van der Waals surface area contributed by atoms with E-state index in [0.717, 1.165) is 25.9 Å². The van der Waals surface area contributed by atoms with E-state index in [1.165, 1.54) is 17.0 Å². The van der Waals surface area contributed by atoms with Gasteiger partial charge in [0.1, 0.15) is 6.73 Å². The van der Waals surface area contributed by atoms with Crippen molar-refractivity contribution in [2.45, 2.75) is 26.2 Å². The molecule has 3 rings (SSSR count). The van der Waals surface area contributed by atoms with Crippen LogP contribution in [-0.2, 0) is 4.74 Å². The summed E-state index contributed by atoms with van der Waals surface area (Å²) in [6, 6.07) is 10.5. The number of nitrogens with zero attached hydrogens (tertiary/aromatic N) is 1. The Kier molecular flexibility index (Phi) is 4.13. The van der Waals surface area contributed by atoms with Gasteiger partial charge in [0.25, 0.3) is 0 Å². The van der Waals surface area contributed by atoms with E-state index in [-0.39, 0.29) is 5.41 Å². The Morgan fingerprint density at radius 3 is 2.86 bits per heavy atom. The summed E-state index contributed by atoms with van der Waals surface area (Å²) in [6.45, 7) is 4.38. The molecule has 1 aliphatic carbocycles. The van der Waals surface area contributed by atoms with Crippen LogP contribution in [0.25, 0.3) is 0 Å². The number of para-hydroxylation sites is 1. The molecule has 1 aromatic carbocycles. The van der Waals surface area contributed by atoms with Gasteiger partial charge < -0.3 is 15.4 Å². The van der Waals surface area contributed by atoms with E-state index in [1.54, 1.807) is 0 Å². The Labute approximate surface area is 127 Å². The van der Waals surface area contributed by atoms with Crippen molar-refractivity contribution in [1.29, 1.82) is 0 Å². The van der Waals surface area contributed by atoms with Gasteiger partial charge in [-0.1, -0.05) is 31.2 Å². The van der Waals surface area contributed by atoms with Gasteiger partial charge in [0.05, 0.1) is 0 Å². The minimum Gasteiger partial charge on any atom is -0.361 e. The summed E-state index contributed by atoms with van der Waals surface area (Å²) >= 11 is 0. The highest BCUT2D eigenvalue weighted by molar-refractivity contribution is 5.56. The summed E-state index contributed by atoms with van der Waals surface area (Å²) in [7, 11) is 0. The summed E-state index contributed by atoms with van der Waals surface area (Å²) in [5.74, 6) is 0. The molecule has 2 N–H and O–H groups in total. The summed E-state index contributed by atoms with van der Waals surface area (Å²) in [6.07, 6.45) is 7.75. The summed E-state index contributed by atoms with van der Waals surface area (Å²) in [5.41, 5.74) is 10.1. The number of rotatable bonds is 2. The number of benzene rings is 1. The lowest BCUT2D eigenvalue weighted by Crippen LogP contribution is -2.33. The molecule has 3 nitrogen and oxygen atoms in total. The van der Waals surface area contributed by atoms with Gasteiger partial charge in [-0.15, -0.1) is 0 Å². The van der Waals surface area contributed by atoms with E-state index in [4.69, 9.17) is 10.5 Å². The molecule has 2 aliphatic rings. The molecule has 0 saturated heterocycles. The van der Waals surface area contributed by atoms with Crippen molar-refractivity contribution in [3.63, 3.8) is 0 Å². The Hall–Kier alpha value is -1.58. The van der Waals surface area contributed by atoms with Gasteiger partial charge in [-0.25, -0.2) is 0 Å². The molecular formula is C18H24N2O. The molecule has 0 fully saturated rings. The standard InChI is InChI=1S/C18H24N2O/c1-18(13-19)10-9-17-15(12-18)6-5-11-21-14-20(17)16-7-3-2-4-8-16/h2-4,7-10H,5-6,11-14,19H2,1H3. The third kappa shape index (κ3) is 3.04. The molecule has 0 aromatic heterocycles. The first-order valence-corrected chi connectivity index (χ1v) is 7.73. The monoisotopic (exact) mass is 284 g/mol. The van der Waals surface area contributed by atoms with Crippen LogP contribution in [0, 0.1) is 5.41 Å². The molecular weight excluding hydrogens is 260 g/mol. The van der Waals surface area contributed by atoms with Gasteiger partial charge in [-0.3, -0.25) is 0 Å². The number of anilines is 1. The lowest BCUT2D eigenvalue weighted by Gasteiger charge is -2.37. The van der Waals surface area contributed by atoms with Gasteiger partial charge in [-0.05, 0) is 43.0 Å². The Bertz CT molecular complexity index is 550. The van der Waals surface area contributed by atoms with Crippen molar-refractivity contribution in [3.05, 3.63) is 53.8 Å². The van der Waals surface area contributed by atoms with Crippen LogP contribution in [0.2, 0.25) is 0 Å². The Balaban J connectivity index is 1.98. The van der Waals surface area contributed by atoms with Crippen molar-refractivity contribution in [2.75, 3.05) is 24.8 Å². The smallest absolute Gasteiger partial charge is 0.123 e. The van der Waals surface area contributed by atoms with Crippen LogP contribution in [0.5, 0.6) is 0 Å². The fourth-order valence-corrected chi connectivity index (χ4v) is 3.11. The summed E-state index contributed by atoms with van der Waals surface area (Å²) < 4.78 is 5.80. The number of hydrogen-bond acceptors (Lipinski definition) is 3. The lowest BCUT2D eigenvalue weighted by molar-refractivity contribution is 0.132. The fraction of sp³-hybridized carbons (Fsp3) is 0.444. The maximum absolute atomic E-state index is 5.96. The van der Waals surface area contributed by atoms with Gasteiger partial charge in [0.15, 0.2) is 0 Å². The second kappa shape index (κ2) is 6.04. The second-order valence-electron chi connectivity index (χ2n) is 6.26. The van der Waals surface area contributed by atoms with Crippen molar-refractivity contribution < 1.29 is 4.74 Å². The largest absolute Gasteiger partial charge is 0.361 e. The number of nitrogens with two attached hydrogens (primary N) is 1. The maximum Gasteiger partial charge on any atom is 0.123 e. The molecule has 0 amide bonds. The number of hydrogen-bond donors (Lipinski definition) is 1. The van der Waals surface area contributed by atoms with Crippen molar-refractivity contribution in [1.82, 2.24) is 0 Å². The predicted octanol–water partition coefficient (Wildman–Crippen LogP) is 3.44. The first kappa shape index (κ1) is 14.4. The molecule has 1 aromatic rings. The van der Waals surface area contributed by atoms with Crippen molar-refractivity contribution in [2.24, 2.45) is 11.1 Å². The average molecular weight is 284 g/mol. The molecule has 3 heteroatoms. The lowest BCUT2D eigenvalue weighted by atomic mass is 9.77. The number of ether oxygens (including phenoxy) is 1. The molecule has 1 aliphatic heterocycles. The van der Waals surface area contributed by atoms with Crippen LogP contribution in [0.4, 0.5) is 5.69 Å². The van der Waals surface area contributed by atoms with E-state index in [9.17, 15) is 0 Å². The minimum atomic E-state index is 0.0985. The van der Waals surface area contributed by atoms with Crippen LogP contribution in [0.1, 0.15) is 26.2 Å². The van der Waals surface area contributed by atoms with Gasteiger partial charge >= 0.3 is 0 Å². The Morgan fingerprint density at radius 2 is 2.10 bits per heavy atom. The predicted molar refractivity (Wildman–Crippen MR) is 86.9 cm³/mol. The maximum atomic E-state index is 5.96. The average Bonchev–Trinajstić information content (AvgIpc) is 2.50. The molecule has 0 radical (unpaired) electrons. The van der Waals surface area contributed by atoms with E-state index in [2.05, 4.69) is 48.2 Å². The quantitative estimate of drug-likeness (QED) is 0.904. The molecule has 1 unspecified atom stereocenters. The topological polar surface area (TPSA) is 38.5 Å². The summed E-state index contributed by atoms with van der Waals surface area (Å²) in [5, 5.41) is 0. The Morgan fingerprint density at radius 1 is 1.29 bits per heavy atom. The molecule has 0 bridgehead atoms. The highest BCUT2D eigenvalue weighted by Crippen LogP contribution is 2.38. The highest BCUT2D eigenvalue weighted by Gasteiger charge is 2.28. The van der Waals surface area contributed by atoms with Crippen LogP contribution >= 0.6 is 0 Å². The number of allylic oxidation sites excluding steroid dienone is 2. The van der Waals surface area contributed by atoms with Crippen molar-refractivity contribution in [3.8, 4) is 0 Å². The molecule has 1 atom stereocenters. The van der Waals surface area contributed by atoms with E-state index in [1.807, 2.05) is 6.07 Å². The summed E-state index contributed by atoms with van der Waals surface area (Å²) in [4.78, 5) is 2.28. The first-order chi connectivity index (χ1) is 10.2. The van der Waals surface area contributed by atoms with E-state index >= 15 is 0 Å². The van der Waals surface area contributed by atoms with Gasteiger partial charge in [-0.2, -0.15) is 0 Å². The minimum absolute atomic E-state index is 0.0985. The van der Waals surface area contributed by atoms with E-state index < -0.39 is 0 Å².